The van der Waals surface area contributed by atoms with E-state index in [1.165, 1.54) is 0 Å². The second-order valence-corrected chi connectivity index (χ2v) is 14.4. The number of hydrogen-bond acceptors (Lipinski definition) is 5. The molecule has 9 aromatic rings. The van der Waals surface area contributed by atoms with E-state index in [9.17, 15) is 0 Å². The average Bonchev–Trinajstić information content (AvgIpc) is 3.24. The van der Waals surface area contributed by atoms with Gasteiger partial charge in [-0.1, -0.05) is 133 Å². The van der Waals surface area contributed by atoms with Crippen molar-refractivity contribution in [1.82, 2.24) is 0 Å². The summed E-state index contributed by atoms with van der Waals surface area (Å²) in [5.74, 6) is 3.50. The molecule has 0 saturated heterocycles. The van der Waals surface area contributed by atoms with E-state index in [4.69, 9.17) is 22.8 Å². The third-order valence-corrected chi connectivity index (χ3v) is 11.1. The lowest BCUT2D eigenvalue weighted by molar-refractivity contribution is 0.414. The van der Waals surface area contributed by atoms with Gasteiger partial charge in [-0.15, -0.1) is 0 Å². The zero-order valence-electron chi connectivity index (χ0n) is 29.9. The van der Waals surface area contributed by atoms with E-state index >= 15 is 0 Å². The Kier molecular flexibility index (Phi) is 9.88. The molecule has 0 aliphatic heterocycles. The van der Waals surface area contributed by atoms with Crippen molar-refractivity contribution in [2.24, 2.45) is 0 Å². The quantitative estimate of drug-likeness (QED) is 0.0918. The summed E-state index contributed by atoms with van der Waals surface area (Å²) in [5, 5.41) is 8.67. The lowest BCUT2D eigenvalue weighted by Gasteiger charge is -2.25. The predicted octanol–water partition coefficient (Wildman–Crippen LogP) is 13.4. The summed E-state index contributed by atoms with van der Waals surface area (Å²) in [6.07, 6.45) is 0. The second kappa shape index (κ2) is 15.7. The molecule has 7 heteroatoms. The molecule has 2 atom stereocenters. The summed E-state index contributed by atoms with van der Waals surface area (Å²) in [6, 6.07) is 62.3. The average molecular weight is 755 g/mol. The summed E-state index contributed by atoms with van der Waals surface area (Å²) in [4.78, 5) is 0. The van der Waals surface area contributed by atoms with Gasteiger partial charge in [0, 0.05) is 27.8 Å². The molecule has 0 spiro atoms. The lowest BCUT2D eigenvalue weighted by Crippen LogP contribution is -2.07. The monoisotopic (exact) mass is 754 g/mol. The van der Waals surface area contributed by atoms with Crippen LogP contribution in [-0.4, -0.2) is 7.11 Å². The van der Waals surface area contributed by atoms with Crippen molar-refractivity contribution in [1.29, 1.82) is 0 Å². The van der Waals surface area contributed by atoms with Crippen LogP contribution in [0.5, 0.6) is 28.7 Å². The molecular weight excluding hydrogens is 718 g/mol. The minimum absolute atomic E-state index is 0.288. The van der Waals surface area contributed by atoms with Crippen molar-refractivity contribution < 1.29 is 22.8 Å². The Bertz CT molecular complexity index is 2610. The fraction of sp³-hybridized carbons (Fsp3) is 0.0417. The van der Waals surface area contributed by atoms with Gasteiger partial charge in [0.05, 0.1) is 7.11 Å². The van der Waals surface area contributed by atoms with Crippen LogP contribution >= 0.6 is 18.1 Å². The lowest BCUT2D eigenvalue weighted by atomic mass is 9.82. The van der Waals surface area contributed by atoms with Crippen LogP contribution in [0.2, 0.25) is 0 Å². The van der Waals surface area contributed by atoms with Crippen molar-refractivity contribution in [2.45, 2.75) is 5.92 Å². The summed E-state index contributed by atoms with van der Waals surface area (Å²) in [5.41, 5.74) is 3.02. The highest BCUT2D eigenvalue weighted by atomic mass is 31.1. The van der Waals surface area contributed by atoms with Gasteiger partial charge in [0.15, 0.2) is 0 Å². The normalized spacial score (nSPS) is 12.2. The molecule has 5 nitrogen and oxygen atoms in total. The molecular formula is C48H36O5P2. The first-order valence-electron chi connectivity index (χ1n) is 18.0. The minimum Gasteiger partial charge on any atom is -0.497 e. The molecule has 0 radical (unpaired) electrons. The fourth-order valence-corrected chi connectivity index (χ4v) is 8.37. The van der Waals surface area contributed by atoms with Gasteiger partial charge in [0.1, 0.15) is 28.7 Å². The van der Waals surface area contributed by atoms with Gasteiger partial charge in [-0.2, -0.15) is 0 Å². The maximum atomic E-state index is 6.69. The zero-order chi connectivity index (χ0) is 37.0. The van der Waals surface area contributed by atoms with Crippen LogP contribution in [0.4, 0.5) is 0 Å². The number of hydrogen-bond donors (Lipinski definition) is 0. The molecule has 268 valence electrons. The van der Waals surface area contributed by atoms with Crippen molar-refractivity contribution in [3.63, 3.8) is 0 Å². The van der Waals surface area contributed by atoms with E-state index in [1.54, 1.807) is 7.11 Å². The van der Waals surface area contributed by atoms with Gasteiger partial charge >= 0.3 is 0 Å². The molecule has 0 fully saturated rings. The number of ether oxygens (including phenoxy) is 1. The van der Waals surface area contributed by atoms with E-state index in [1.807, 2.05) is 72.8 Å². The molecule has 0 aliphatic carbocycles. The van der Waals surface area contributed by atoms with Crippen molar-refractivity contribution in [2.75, 3.05) is 7.11 Å². The van der Waals surface area contributed by atoms with Crippen molar-refractivity contribution in [3.8, 4) is 28.7 Å². The summed E-state index contributed by atoms with van der Waals surface area (Å²) >= 11 is 0. The van der Waals surface area contributed by atoms with Crippen LogP contribution in [0, 0.1) is 0 Å². The smallest absolute Gasteiger partial charge is 0.275 e. The van der Waals surface area contributed by atoms with E-state index in [2.05, 4.69) is 109 Å². The Morgan fingerprint density at radius 2 is 0.745 bits per heavy atom. The number of fused-ring (bicyclic) bond motifs is 4. The Hall–Kier alpha value is -6.12. The highest BCUT2D eigenvalue weighted by Gasteiger charge is 2.26. The standard InChI is InChI=1S/C48H36O5P2/c1-49-39-26-24-34(25-27-39)48(42-28-35-14-2-4-16-37(35)30-46(42)52-54-50-44-22-10-18-32-12-6-8-20-40(32)44)43-29-36-15-3-5-17-38(36)31-47(43)53-55-51-45-23-11-19-33-13-7-9-21-41(33)45/h2-31,48,54-55H,1H3. The first kappa shape index (κ1) is 34.6. The fourth-order valence-electron chi connectivity index (χ4n) is 7.22. The number of methoxy groups -OCH3 is 1. The topological polar surface area (TPSA) is 46.2 Å². The maximum Gasteiger partial charge on any atom is 0.275 e. The molecule has 0 aromatic heterocycles. The van der Waals surface area contributed by atoms with Gasteiger partial charge in [-0.05, 0) is 86.4 Å². The molecule has 0 amide bonds. The van der Waals surface area contributed by atoms with E-state index < -0.39 is 0 Å². The Labute approximate surface area is 323 Å². The van der Waals surface area contributed by atoms with E-state index in [0.29, 0.717) is 0 Å². The highest BCUT2D eigenvalue weighted by molar-refractivity contribution is 7.27. The molecule has 0 N–H and O–H groups in total. The van der Waals surface area contributed by atoms with Crippen LogP contribution in [-0.2, 0) is 0 Å². The summed E-state index contributed by atoms with van der Waals surface area (Å²) in [6.45, 7) is 0. The van der Waals surface area contributed by atoms with Crippen LogP contribution in [0.25, 0.3) is 43.1 Å². The largest absolute Gasteiger partial charge is 0.497 e. The van der Waals surface area contributed by atoms with Gasteiger partial charge in [-0.3, -0.25) is 0 Å². The number of benzene rings is 9. The molecule has 0 bridgehead atoms. The van der Waals surface area contributed by atoms with Crippen LogP contribution < -0.4 is 22.8 Å². The Balaban J connectivity index is 1.15. The molecule has 9 rings (SSSR count). The van der Waals surface area contributed by atoms with Gasteiger partial charge in [-0.25, -0.2) is 0 Å². The number of rotatable bonds is 12. The zero-order valence-corrected chi connectivity index (χ0v) is 31.9. The van der Waals surface area contributed by atoms with E-state index in [-0.39, 0.29) is 24.0 Å². The highest BCUT2D eigenvalue weighted by Crippen LogP contribution is 2.47. The molecule has 55 heavy (non-hydrogen) atoms. The van der Waals surface area contributed by atoms with Crippen LogP contribution in [0.15, 0.2) is 182 Å². The van der Waals surface area contributed by atoms with E-state index in [0.717, 1.165) is 88.5 Å². The van der Waals surface area contributed by atoms with Gasteiger partial charge in [0.2, 0.25) is 0 Å². The second-order valence-electron chi connectivity index (χ2n) is 13.2. The van der Waals surface area contributed by atoms with Gasteiger partial charge < -0.3 is 22.8 Å². The van der Waals surface area contributed by atoms with Crippen molar-refractivity contribution >= 4 is 61.2 Å². The summed E-state index contributed by atoms with van der Waals surface area (Å²) < 4.78 is 31.7. The third-order valence-electron chi connectivity index (χ3n) is 9.93. The molecule has 9 aromatic carbocycles. The Morgan fingerprint density at radius 1 is 0.364 bits per heavy atom. The Morgan fingerprint density at radius 3 is 1.20 bits per heavy atom. The molecule has 2 unspecified atom stereocenters. The molecule has 0 heterocycles. The predicted molar refractivity (Wildman–Crippen MR) is 229 cm³/mol. The minimum atomic E-state index is -0.296. The van der Waals surface area contributed by atoms with Crippen LogP contribution in [0.3, 0.4) is 0 Å². The third kappa shape index (κ3) is 7.25. The molecule has 0 saturated carbocycles. The van der Waals surface area contributed by atoms with Crippen LogP contribution in [0.1, 0.15) is 22.6 Å². The first-order valence-corrected chi connectivity index (χ1v) is 19.7. The molecule has 0 aliphatic rings. The SMILES string of the molecule is COc1ccc(C(c2cc3ccccc3cc2OPOc2cccc3ccccc23)c2cc3ccccc3cc2OPOc2cccc3ccccc23)cc1. The first-order chi connectivity index (χ1) is 27.2. The van der Waals surface area contributed by atoms with Gasteiger partial charge in [0.25, 0.3) is 18.1 Å². The summed E-state index contributed by atoms with van der Waals surface area (Å²) in [7, 11) is 1.11. The maximum absolute atomic E-state index is 6.69. The van der Waals surface area contributed by atoms with Crippen molar-refractivity contribution in [3.05, 3.63) is 199 Å².